The standard InChI is InChI=1S/C19H19ClN2O2/c1-12-10-13(20)8-9-17(12)21-18(23)15-11-16(15)19(24)22(2)14-6-4-3-5-7-14/h3-10,15-16H,11H2,1-2H3,(H,21,23). The first-order valence-electron chi connectivity index (χ1n) is 7.87. The van der Waals surface area contributed by atoms with E-state index in [-0.39, 0.29) is 23.7 Å². The average Bonchev–Trinajstić information content (AvgIpc) is 3.37. The van der Waals surface area contributed by atoms with E-state index in [4.69, 9.17) is 11.6 Å². The molecule has 0 bridgehead atoms. The summed E-state index contributed by atoms with van der Waals surface area (Å²) >= 11 is 5.92. The van der Waals surface area contributed by atoms with Crippen molar-refractivity contribution < 1.29 is 9.59 Å². The molecule has 0 aliphatic heterocycles. The van der Waals surface area contributed by atoms with Gasteiger partial charge in [0.15, 0.2) is 0 Å². The summed E-state index contributed by atoms with van der Waals surface area (Å²) in [6, 6.07) is 14.8. The summed E-state index contributed by atoms with van der Waals surface area (Å²) in [5.41, 5.74) is 2.47. The molecule has 2 aromatic rings. The SMILES string of the molecule is Cc1cc(Cl)ccc1NC(=O)C1CC1C(=O)N(C)c1ccccc1. The van der Waals surface area contributed by atoms with Crippen LogP contribution in [-0.2, 0) is 9.59 Å². The molecule has 2 unspecified atom stereocenters. The first kappa shape index (κ1) is 16.5. The highest BCUT2D eigenvalue weighted by molar-refractivity contribution is 6.30. The molecule has 1 aliphatic rings. The highest BCUT2D eigenvalue weighted by Crippen LogP contribution is 2.41. The number of aryl methyl sites for hydroxylation is 1. The third kappa shape index (κ3) is 3.44. The maximum atomic E-state index is 12.5. The molecule has 2 atom stereocenters. The smallest absolute Gasteiger partial charge is 0.230 e. The number of nitrogens with one attached hydrogen (secondary N) is 1. The molecule has 0 radical (unpaired) electrons. The number of nitrogens with zero attached hydrogens (tertiary/aromatic N) is 1. The predicted molar refractivity (Wildman–Crippen MR) is 96.3 cm³/mol. The van der Waals surface area contributed by atoms with Gasteiger partial charge in [0.2, 0.25) is 11.8 Å². The Kier molecular flexibility index (Phi) is 4.58. The fourth-order valence-electron chi connectivity index (χ4n) is 2.78. The van der Waals surface area contributed by atoms with Crippen LogP contribution in [0.4, 0.5) is 11.4 Å². The lowest BCUT2D eigenvalue weighted by atomic mass is 10.2. The van der Waals surface area contributed by atoms with Crippen LogP contribution in [0.5, 0.6) is 0 Å². The number of rotatable bonds is 4. The van der Waals surface area contributed by atoms with Crippen LogP contribution in [0.25, 0.3) is 0 Å². The number of amides is 2. The van der Waals surface area contributed by atoms with Gasteiger partial charge in [-0.3, -0.25) is 9.59 Å². The lowest BCUT2D eigenvalue weighted by Crippen LogP contribution is -2.29. The maximum absolute atomic E-state index is 12.5. The summed E-state index contributed by atoms with van der Waals surface area (Å²) in [4.78, 5) is 26.5. The highest BCUT2D eigenvalue weighted by atomic mass is 35.5. The van der Waals surface area contributed by atoms with Crippen molar-refractivity contribution in [1.82, 2.24) is 0 Å². The summed E-state index contributed by atoms with van der Waals surface area (Å²) in [6.07, 6.45) is 0.592. The number of halogens is 1. The number of hydrogen-bond donors (Lipinski definition) is 1. The molecular weight excluding hydrogens is 324 g/mol. The number of para-hydroxylation sites is 1. The van der Waals surface area contributed by atoms with E-state index in [9.17, 15) is 9.59 Å². The molecule has 2 aromatic carbocycles. The Hall–Kier alpha value is -2.33. The van der Waals surface area contributed by atoms with Crippen molar-refractivity contribution in [2.75, 3.05) is 17.3 Å². The molecule has 0 aromatic heterocycles. The first-order chi connectivity index (χ1) is 11.5. The second-order valence-electron chi connectivity index (χ2n) is 6.13. The molecule has 0 heterocycles. The third-order valence-electron chi connectivity index (χ3n) is 4.36. The van der Waals surface area contributed by atoms with Crippen molar-refractivity contribution in [3.05, 3.63) is 59.1 Å². The van der Waals surface area contributed by atoms with E-state index in [1.54, 1.807) is 30.1 Å². The van der Waals surface area contributed by atoms with Crippen molar-refractivity contribution >= 4 is 34.8 Å². The normalized spacial score (nSPS) is 18.8. The van der Waals surface area contributed by atoms with Gasteiger partial charge < -0.3 is 10.2 Å². The van der Waals surface area contributed by atoms with Crippen LogP contribution in [0.2, 0.25) is 5.02 Å². The molecule has 1 N–H and O–H groups in total. The zero-order valence-electron chi connectivity index (χ0n) is 13.6. The van der Waals surface area contributed by atoms with Gasteiger partial charge in [-0.25, -0.2) is 0 Å². The van der Waals surface area contributed by atoms with E-state index in [0.717, 1.165) is 16.9 Å². The Morgan fingerprint density at radius 1 is 1.12 bits per heavy atom. The van der Waals surface area contributed by atoms with E-state index < -0.39 is 0 Å². The molecule has 24 heavy (non-hydrogen) atoms. The minimum atomic E-state index is -0.265. The number of hydrogen-bond acceptors (Lipinski definition) is 2. The van der Waals surface area contributed by atoms with Crippen LogP contribution < -0.4 is 10.2 Å². The van der Waals surface area contributed by atoms with E-state index >= 15 is 0 Å². The summed E-state index contributed by atoms with van der Waals surface area (Å²) in [6.45, 7) is 1.89. The zero-order valence-corrected chi connectivity index (χ0v) is 14.4. The Morgan fingerprint density at radius 3 is 2.50 bits per heavy atom. The minimum absolute atomic E-state index is 0.0193. The first-order valence-corrected chi connectivity index (χ1v) is 8.25. The van der Waals surface area contributed by atoms with E-state index in [2.05, 4.69) is 5.32 Å². The Morgan fingerprint density at radius 2 is 1.83 bits per heavy atom. The molecular formula is C19H19ClN2O2. The topological polar surface area (TPSA) is 49.4 Å². The van der Waals surface area contributed by atoms with Crippen LogP contribution in [0, 0.1) is 18.8 Å². The van der Waals surface area contributed by atoms with Crippen molar-refractivity contribution in [1.29, 1.82) is 0 Å². The van der Waals surface area contributed by atoms with Crippen LogP contribution in [-0.4, -0.2) is 18.9 Å². The number of anilines is 2. The van der Waals surface area contributed by atoms with Gasteiger partial charge in [0.1, 0.15) is 0 Å². The minimum Gasteiger partial charge on any atom is -0.326 e. The number of benzene rings is 2. The lowest BCUT2D eigenvalue weighted by Gasteiger charge is -2.17. The van der Waals surface area contributed by atoms with Gasteiger partial charge in [0.25, 0.3) is 0 Å². The molecule has 0 spiro atoms. The quantitative estimate of drug-likeness (QED) is 0.916. The van der Waals surface area contributed by atoms with E-state index in [1.807, 2.05) is 37.3 Å². The fourth-order valence-corrected chi connectivity index (χ4v) is 3.00. The fraction of sp³-hybridized carbons (Fsp3) is 0.263. The van der Waals surface area contributed by atoms with Crippen LogP contribution >= 0.6 is 11.6 Å². The van der Waals surface area contributed by atoms with Gasteiger partial charge in [-0.05, 0) is 49.2 Å². The largest absolute Gasteiger partial charge is 0.326 e. The molecule has 5 heteroatoms. The van der Waals surface area contributed by atoms with Gasteiger partial charge in [0.05, 0.1) is 11.8 Å². The van der Waals surface area contributed by atoms with Crippen LogP contribution in [0.1, 0.15) is 12.0 Å². The second kappa shape index (κ2) is 6.65. The zero-order chi connectivity index (χ0) is 17.3. The molecule has 1 saturated carbocycles. The summed E-state index contributed by atoms with van der Waals surface area (Å²) in [5, 5.41) is 3.53. The summed E-state index contributed by atoms with van der Waals surface area (Å²) in [5.74, 6) is -0.643. The maximum Gasteiger partial charge on any atom is 0.230 e. The van der Waals surface area contributed by atoms with Crippen molar-refractivity contribution in [3.63, 3.8) is 0 Å². The van der Waals surface area contributed by atoms with E-state index in [0.29, 0.717) is 11.4 Å². The Balaban J connectivity index is 1.62. The van der Waals surface area contributed by atoms with Gasteiger partial charge in [-0.1, -0.05) is 29.8 Å². The summed E-state index contributed by atoms with van der Waals surface area (Å²) in [7, 11) is 1.74. The number of carbonyl (C=O) groups excluding carboxylic acids is 2. The predicted octanol–water partition coefficient (Wildman–Crippen LogP) is 3.89. The van der Waals surface area contributed by atoms with Gasteiger partial charge in [-0.15, -0.1) is 0 Å². The van der Waals surface area contributed by atoms with Crippen molar-refractivity contribution in [2.45, 2.75) is 13.3 Å². The molecule has 4 nitrogen and oxygen atoms in total. The lowest BCUT2D eigenvalue weighted by molar-refractivity contribution is -0.123. The van der Waals surface area contributed by atoms with E-state index in [1.165, 1.54) is 0 Å². The Labute approximate surface area is 146 Å². The Bertz CT molecular complexity index is 776. The van der Waals surface area contributed by atoms with Crippen LogP contribution in [0.3, 0.4) is 0 Å². The number of carbonyl (C=O) groups is 2. The molecule has 3 rings (SSSR count). The van der Waals surface area contributed by atoms with Crippen LogP contribution in [0.15, 0.2) is 48.5 Å². The van der Waals surface area contributed by atoms with Crippen molar-refractivity contribution in [2.24, 2.45) is 11.8 Å². The average molecular weight is 343 g/mol. The second-order valence-corrected chi connectivity index (χ2v) is 6.57. The highest BCUT2D eigenvalue weighted by Gasteiger charge is 2.49. The summed E-state index contributed by atoms with van der Waals surface area (Å²) < 4.78 is 0. The molecule has 2 amide bonds. The molecule has 1 fully saturated rings. The van der Waals surface area contributed by atoms with Gasteiger partial charge >= 0.3 is 0 Å². The van der Waals surface area contributed by atoms with Gasteiger partial charge in [0, 0.05) is 23.4 Å². The third-order valence-corrected chi connectivity index (χ3v) is 4.60. The van der Waals surface area contributed by atoms with Gasteiger partial charge in [-0.2, -0.15) is 0 Å². The van der Waals surface area contributed by atoms with Crippen molar-refractivity contribution in [3.8, 4) is 0 Å². The monoisotopic (exact) mass is 342 g/mol. The molecule has 0 saturated heterocycles. The molecule has 1 aliphatic carbocycles. The molecule has 124 valence electrons.